The maximum absolute atomic E-state index is 9.84. The Morgan fingerprint density at radius 3 is 2.70 bits per heavy atom. The van der Waals surface area contributed by atoms with Gasteiger partial charge in [-0.25, -0.2) is 9.79 Å². The zero-order chi connectivity index (χ0) is 7.82. The van der Waals surface area contributed by atoms with Crippen LogP contribution in [-0.2, 0) is 9.59 Å². The predicted molar refractivity (Wildman–Crippen MR) is 37.1 cm³/mol. The molecule has 0 amide bonds. The van der Waals surface area contributed by atoms with Gasteiger partial charge in [-0.15, -0.1) is 0 Å². The minimum Gasteiger partial charge on any atom is -0.285 e. The SMILES string of the molecule is C=C([C]=O)CCCN=C=O. The molecule has 0 saturated heterocycles. The topological polar surface area (TPSA) is 46.5 Å². The lowest BCUT2D eigenvalue weighted by molar-refractivity contribution is 0.559. The van der Waals surface area contributed by atoms with Gasteiger partial charge in [0.05, 0.1) is 6.54 Å². The van der Waals surface area contributed by atoms with E-state index in [9.17, 15) is 9.59 Å². The van der Waals surface area contributed by atoms with Gasteiger partial charge in [0.2, 0.25) is 12.4 Å². The van der Waals surface area contributed by atoms with Crippen molar-refractivity contribution in [1.29, 1.82) is 0 Å². The summed E-state index contributed by atoms with van der Waals surface area (Å²) in [5.74, 6) is 0. The average molecular weight is 138 g/mol. The molecular weight excluding hydrogens is 130 g/mol. The molecule has 0 heterocycles. The third-order valence-corrected chi connectivity index (χ3v) is 0.957. The van der Waals surface area contributed by atoms with Crippen LogP contribution >= 0.6 is 0 Å². The van der Waals surface area contributed by atoms with Crippen molar-refractivity contribution in [1.82, 2.24) is 0 Å². The number of allylic oxidation sites excluding steroid dienone is 1. The quantitative estimate of drug-likeness (QED) is 0.244. The highest BCUT2D eigenvalue weighted by molar-refractivity contribution is 5.72. The van der Waals surface area contributed by atoms with E-state index in [1.165, 1.54) is 6.08 Å². The highest BCUT2D eigenvalue weighted by Crippen LogP contribution is 1.97. The average Bonchev–Trinajstić information content (AvgIpc) is 1.98. The maximum atomic E-state index is 9.84. The van der Waals surface area contributed by atoms with Crippen LogP contribution in [-0.4, -0.2) is 18.9 Å². The van der Waals surface area contributed by atoms with Crippen LogP contribution < -0.4 is 0 Å². The Kier molecular flexibility index (Phi) is 5.20. The Hall–Kier alpha value is -1.21. The van der Waals surface area contributed by atoms with Crippen molar-refractivity contribution < 1.29 is 9.59 Å². The second-order valence-electron chi connectivity index (χ2n) is 1.78. The number of aliphatic imine (C=N–C) groups is 1. The first-order chi connectivity index (χ1) is 4.81. The molecule has 0 unspecified atom stereocenters. The van der Waals surface area contributed by atoms with Gasteiger partial charge in [0.1, 0.15) is 0 Å². The largest absolute Gasteiger partial charge is 0.285 e. The molecule has 0 aliphatic carbocycles. The van der Waals surface area contributed by atoms with Gasteiger partial charge < -0.3 is 0 Å². The molecule has 0 saturated carbocycles. The summed E-state index contributed by atoms with van der Waals surface area (Å²) in [6.45, 7) is 3.81. The van der Waals surface area contributed by atoms with Crippen LogP contribution in [0.5, 0.6) is 0 Å². The van der Waals surface area contributed by atoms with Crippen LogP contribution in [0.3, 0.4) is 0 Å². The number of rotatable bonds is 5. The van der Waals surface area contributed by atoms with Gasteiger partial charge in [-0.2, -0.15) is 0 Å². The molecule has 10 heavy (non-hydrogen) atoms. The molecule has 0 atom stereocenters. The number of hydrogen-bond acceptors (Lipinski definition) is 3. The number of isocyanates is 1. The van der Waals surface area contributed by atoms with E-state index >= 15 is 0 Å². The monoisotopic (exact) mass is 138 g/mol. The van der Waals surface area contributed by atoms with Crippen molar-refractivity contribution in [3.63, 3.8) is 0 Å². The Morgan fingerprint density at radius 2 is 2.20 bits per heavy atom. The highest BCUT2D eigenvalue weighted by atomic mass is 16.1. The lowest BCUT2D eigenvalue weighted by Crippen LogP contribution is -1.85. The van der Waals surface area contributed by atoms with Crippen molar-refractivity contribution in [3.8, 4) is 0 Å². The Labute approximate surface area is 59.5 Å². The normalized spacial score (nSPS) is 8.00. The predicted octanol–water partition coefficient (Wildman–Crippen LogP) is 0.768. The minimum absolute atomic E-state index is 0.407. The summed E-state index contributed by atoms with van der Waals surface area (Å²) < 4.78 is 0. The Bertz CT molecular complexity index is 168. The lowest BCUT2D eigenvalue weighted by atomic mass is 10.2. The number of carbonyl (C=O) groups excluding carboxylic acids is 2. The molecule has 0 aromatic rings. The van der Waals surface area contributed by atoms with Crippen LogP contribution in [0, 0.1) is 0 Å². The summed E-state index contributed by atoms with van der Waals surface area (Å²) in [7, 11) is 0. The van der Waals surface area contributed by atoms with Gasteiger partial charge in [0, 0.05) is 0 Å². The van der Waals surface area contributed by atoms with Crippen molar-refractivity contribution in [2.75, 3.05) is 6.54 Å². The van der Waals surface area contributed by atoms with E-state index in [1.807, 2.05) is 0 Å². The fraction of sp³-hybridized carbons (Fsp3) is 0.429. The highest BCUT2D eigenvalue weighted by Gasteiger charge is 1.90. The third-order valence-electron chi connectivity index (χ3n) is 0.957. The number of nitrogens with zero attached hydrogens (tertiary/aromatic N) is 1. The van der Waals surface area contributed by atoms with E-state index in [4.69, 9.17) is 0 Å². The smallest absolute Gasteiger partial charge is 0.234 e. The zero-order valence-corrected chi connectivity index (χ0v) is 5.59. The fourth-order valence-corrected chi connectivity index (χ4v) is 0.468. The van der Waals surface area contributed by atoms with E-state index in [2.05, 4.69) is 11.6 Å². The molecule has 0 aromatic carbocycles. The molecule has 0 spiro atoms. The van der Waals surface area contributed by atoms with E-state index in [0.717, 1.165) is 0 Å². The molecule has 0 aliphatic rings. The van der Waals surface area contributed by atoms with Gasteiger partial charge in [-0.3, -0.25) is 4.79 Å². The summed E-state index contributed by atoms with van der Waals surface area (Å²) in [5, 5.41) is 0. The van der Waals surface area contributed by atoms with Gasteiger partial charge in [0.25, 0.3) is 0 Å². The van der Waals surface area contributed by atoms with Gasteiger partial charge in [0.15, 0.2) is 0 Å². The van der Waals surface area contributed by atoms with Crippen LogP contribution in [0.4, 0.5) is 0 Å². The van der Waals surface area contributed by atoms with Gasteiger partial charge >= 0.3 is 0 Å². The molecule has 3 heteroatoms. The van der Waals surface area contributed by atoms with E-state index in [-0.39, 0.29) is 0 Å². The Balaban J connectivity index is 3.27. The van der Waals surface area contributed by atoms with Crippen LogP contribution in [0.15, 0.2) is 17.1 Å². The Morgan fingerprint density at radius 1 is 1.50 bits per heavy atom. The fourth-order valence-electron chi connectivity index (χ4n) is 0.468. The molecule has 0 rings (SSSR count). The van der Waals surface area contributed by atoms with Crippen LogP contribution in [0.2, 0.25) is 0 Å². The van der Waals surface area contributed by atoms with E-state index in [1.54, 1.807) is 6.29 Å². The molecular formula is C7H8NO2. The molecule has 0 fully saturated rings. The summed E-state index contributed by atoms with van der Waals surface area (Å²) in [6.07, 6.45) is 4.27. The molecule has 3 nitrogen and oxygen atoms in total. The second kappa shape index (κ2) is 5.92. The number of hydrogen-bond donors (Lipinski definition) is 0. The van der Waals surface area contributed by atoms with Gasteiger partial charge in [-0.05, 0) is 18.4 Å². The maximum Gasteiger partial charge on any atom is 0.234 e. The lowest BCUT2D eigenvalue weighted by Gasteiger charge is -1.90. The van der Waals surface area contributed by atoms with Gasteiger partial charge in [-0.1, -0.05) is 6.58 Å². The third kappa shape index (κ3) is 4.94. The standard InChI is InChI=1S/C7H8NO2/c1-7(5-9)3-2-4-8-6-10/h1-4H2. The molecule has 0 aliphatic heterocycles. The van der Waals surface area contributed by atoms with Crippen LogP contribution in [0.25, 0.3) is 0 Å². The molecule has 53 valence electrons. The first-order valence-electron chi connectivity index (χ1n) is 2.91. The van der Waals surface area contributed by atoms with E-state index < -0.39 is 0 Å². The first kappa shape index (κ1) is 8.79. The van der Waals surface area contributed by atoms with Crippen molar-refractivity contribution in [3.05, 3.63) is 12.2 Å². The summed E-state index contributed by atoms with van der Waals surface area (Å²) in [5.41, 5.74) is 0.418. The summed E-state index contributed by atoms with van der Waals surface area (Å²) in [4.78, 5) is 22.7. The van der Waals surface area contributed by atoms with Crippen molar-refractivity contribution in [2.24, 2.45) is 4.99 Å². The summed E-state index contributed by atoms with van der Waals surface area (Å²) >= 11 is 0. The molecule has 1 radical (unpaired) electrons. The van der Waals surface area contributed by atoms with E-state index in [0.29, 0.717) is 25.0 Å². The molecule has 0 aromatic heterocycles. The molecule has 0 bridgehead atoms. The van der Waals surface area contributed by atoms with Crippen molar-refractivity contribution >= 4 is 12.4 Å². The van der Waals surface area contributed by atoms with Crippen molar-refractivity contribution in [2.45, 2.75) is 12.8 Å². The van der Waals surface area contributed by atoms with Crippen LogP contribution in [0.1, 0.15) is 12.8 Å². The second-order valence-corrected chi connectivity index (χ2v) is 1.78. The zero-order valence-electron chi connectivity index (χ0n) is 5.59. The minimum atomic E-state index is 0.407. The summed E-state index contributed by atoms with van der Waals surface area (Å²) in [6, 6.07) is 0. The first-order valence-corrected chi connectivity index (χ1v) is 2.91. The molecule has 0 N–H and O–H groups in total.